The summed E-state index contributed by atoms with van der Waals surface area (Å²) in [5.41, 5.74) is 7.14. The lowest BCUT2D eigenvalue weighted by Crippen LogP contribution is -2.12. The normalized spacial score (nSPS) is 10.8. The van der Waals surface area contributed by atoms with E-state index in [1.54, 1.807) is 11.8 Å². The number of amides is 1. The fourth-order valence-electron chi connectivity index (χ4n) is 3.53. The van der Waals surface area contributed by atoms with E-state index in [1.165, 1.54) is 11.1 Å². The number of allylic oxidation sites excluding steroid dienone is 1. The molecule has 0 atom stereocenters. The highest BCUT2D eigenvalue weighted by Crippen LogP contribution is 2.27. The van der Waals surface area contributed by atoms with Gasteiger partial charge in [-0.15, -0.1) is 16.8 Å². The third-order valence-corrected chi connectivity index (χ3v) is 6.73. The molecule has 0 saturated heterocycles. The van der Waals surface area contributed by atoms with Gasteiger partial charge in [-0.1, -0.05) is 65.9 Å². The first-order valence-corrected chi connectivity index (χ1v) is 12.1. The maximum Gasteiger partial charge on any atom is 0.255 e. The standard InChI is InChI=1S/C28H28N4OS/c1-5-16-32-26(23-11-6-19(2)7-12-23)30-31-28(32)34-18-22-9-13-24(14-10-22)27(33)29-25-15-8-20(3)21(4)17-25/h5-15,17H,1,16,18H2,2-4H3,(H,29,33). The zero-order chi connectivity index (χ0) is 24.1. The summed E-state index contributed by atoms with van der Waals surface area (Å²) in [6.45, 7) is 10.7. The highest BCUT2D eigenvalue weighted by molar-refractivity contribution is 7.98. The number of anilines is 1. The molecular formula is C28H28N4OS. The van der Waals surface area contributed by atoms with Crippen LogP contribution in [0.5, 0.6) is 0 Å². The van der Waals surface area contributed by atoms with Crippen molar-refractivity contribution in [3.05, 3.63) is 107 Å². The van der Waals surface area contributed by atoms with E-state index in [2.05, 4.69) is 64.8 Å². The quantitative estimate of drug-likeness (QED) is 0.234. The number of hydrogen-bond donors (Lipinski definition) is 1. The van der Waals surface area contributed by atoms with Gasteiger partial charge in [0.05, 0.1) is 0 Å². The Hall–Kier alpha value is -3.64. The van der Waals surface area contributed by atoms with Gasteiger partial charge in [-0.05, 0) is 61.7 Å². The number of benzene rings is 3. The SMILES string of the molecule is C=CCn1c(SCc2ccc(C(=O)Nc3ccc(C)c(C)c3)cc2)nnc1-c1ccc(C)cc1. The maximum absolute atomic E-state index is 12.6. The summed E-state index contributed by atoms with van der Waals surface area (Å²) in [7, 11) is 0. The molecule has 0 bridgehead atoms. The topological polar surface area (TPSA) is 59.8 Å². The molecule has 1 N–H and O–H groups in total. The van der Waals surface area contributed by atoms with Crippen LogP contribution < -0.4 is 5.32 Å². The second-order valence-electron chi connectivity index (χ2n) is 8.31. The summed E-state index contributed by atoms with van der Waals surface area (Å²) >= 11 is 1.62. The van der Waals surface area contributed by atoms with Crippen molar-refractivity contribution < 1.29 is 4.79 Å². The van der Waals surface area contributed by atoms with Gasteiger partial charge in [-0.2, -0.15) is 0 Å². The van der Waals surface area contributed by atoms with E-state index in [0.29, 0.717) is 12.1 Å². The van der Waals surface area contributed by atoms with Crippen LogP contribution in [0, 0.1) is 20.8 Å². The van der Waals surface area contributed by atoms with Gasteiger partial charge >= 0.3 is 0 Å². The van der Waals surface area contributed by atoms with Crippen LogP contribution in [-0.2, 0) is 12.3 Å². The maximum atomic E-state index is 12.6. The van der Waals surface area contributed by atoms with Crippen LogP contribution in [-0.4, -0.2) is 20.7 Å². The monoisotopic (exact) mass is 468 g/mol. The van der Waals surface area contributed by atoms with Crippen LogP contribution in [0.1, 0.15) is 32.6 Å². The van der Waals surface area contributed by atoms with Crippen LogP contribution in [0.3, 0.4) is 0 Å². The summed E-state index contributed by atoms with van der Waals surface area (Å²) in [6.07, 6.45) is 1.86. The largest absolute Gasteiger partial charge is 0.322 e. The molecule has 6 heteroatoms. The van der Waals surface area contributed by atoms with Gasteiger partial charge in [-0.25, -0.2) is 0 Å². The van der Waals surface area contributed by atoms with Crippen molar-refractivity contribution in [3.8, 4) is 11.4 Å². The fraction of sp³-hybridized carbons (Fsp3) is 0.179. The molecule has 0 radical (unpaired) electrons. The predicted octanol–water partition coefficient (Wildman–Crippen LogP) is 6.60. The molecule has 5 nitrogen and oxygen atoms in total. The number of aryl methyl sites for hydroxylation is 3. The van der Waals surface area contributed by atoms with Crippen molar-refractivity contribution in [2.75, 3.05) is 5.32 Å². The van der Waals surface area contributed by atoms with Crippen LogP contribution >= 0.6 is 11.8 Å². The molecule has 0 fully saturated rings. The molecule has 0 unspecified atom stereocenters. The number of hydrogen-bond acceptors (Lipinski definition) is 4. The molecule has 1 aromatic heterocycles. The van der Waals surface area contributed by atoms with Gasteiger partial charge in [0.2, 0.25) is 0 Å². The fourth-order valence-corrected chi connectivity index (χ4v) is 4.43. The van der Waals surface area contributed by atoms with Gasteiger partial charge in [0.25, 0.3) is 5.91 Å². The van der Waals surface area contributed by atoms with Crippen molar-refractivity contribution in [1.82, 2.24) is 14.8 Å². The molecule has 0 saturated carbocycles. The second kappa shape index (κ2) is 10.5. The molecule has 0 spiro atoms. The highest BCUT2D eigenvalue weighted by Gasteiger charge is 2.14. The smallest absolute Gasteiger partial charge is 0.255 e. The number of thioether (sulfide) groups is 1. The van der Waals surface area contributed by atoms with Crippen LogP contribution in [0.15, 0.2) is 84.5 Å². The number of carbonyl (C=O) groups is 1. The van der Waals surface area contributed by atoms with E-state index in [-0.39, 0.29) is 5.91 Å². The number of rotatable bonds is 8. The van der Waals surface area contributed by atoms with Gasteiger partial charge < -0.3 is 5.32 Å². The Bertz CT molecular complexity index is 1310. The van der Waals surface area contributed by atoms with E-state index in [0.717, 1.165) is 39.1 Å². The Morgan fingerprint density at radius 2 is 1.71 bits per heavy atom. The Balaban J connectivity index is 1.43. The van der Waals surface area contributed by atoms with Crippen LogP contribution in [0.4, 0.5) is 5.69 Å². The van der Waals surface area contributed by atoms with Gasteiger partial charge in [0.1, 0.15) is 0 Å². The molecule has 1 heterocycles. The van der Waals surface area contributed by atoms with Crippen molar-refractivity contribution in [1.29, 1.82) is 0 Å². The Morgan fingerprint density at radius 3 is 2.38 bits per heavy atom. The second-order valence-corrected chi connectivity index (χ2v) is 9.25. The van der Waals surface area contributed by atoms with E-state index in [4.69, 9.17) is 0 Å². The lowest BCUT2D eigenvalue weighted by molar-refractivity contribution is 0.102. The number of aromatic nitrogens is 3. The van der Waals surface area contributed by atoms with Crippen molar-refractivity contribution >= 4 is 23.4 Å². The average molecular weight is 469 g/mol. The summed E-state index contributed by atoms with van der Waals surface area (Å²) in [4.78, 5) is 12.6. The minimum atomic E-state index is -0.115. The van der Waals surface area contributed by atoms with Crippen molar-refractivity contribution in [2.24, 2.45) is 0 Å². The minimum absolute atomic E-state index is 0.115. The number of carbonyl (C=O) groups excluding carboxylic acids is 1. The zero-order valence-electron chi connectivity index (χ0n) is 19.7. The minimum Gasteiger partial charge on any atom is -0.322 e. The van der Waals surface area contributed by atoms with E-state index < -0.39 is 0 Å². The highest BCUT2D eigenvalue weighted by atomic mass is 32.2. The first kappa shape index (κ1) is 23.5. The first-order chi connectivity index (χ1) is 16.4. The molecule has 0 aliphatic carbocycles. The summed E-state index contributed by atoms with van der Waals surface area (Å²) in [5.74, 6) is 1.44. The van der Waals surface area contributed by atoms with Crippen LogP contribution in [0.25, 0.3) is 11.4 Å². The molecule has 4 rings (SSSR count). The third-order valence-electron chi connectivity index (χ3n) is 5.69. The number of nitrogens with zero attached hydrogens (tertiary/aromatic N) is 3. The molecule has 0 aliphatic heterocycles. The molecule has 0 aliphatic rings. The van der Waals surface area contributed by atoms with Crippen molar-refractivity contribution in [2.45, 2.75) is 38.2 Å². The Morgan fingerprint density at radius 1 is 0.971 bits per heavy atom. The molecule has 34 heavy (non-hydrogen) atoms. The van der Waals surface area contributed by atoms with Gasteiger partial charge in [0, 0.05) is 29.1 Å². The molecule has 3 aromatic carbocycles. The average Bonchev–Trinajstić information content (AvgIpc) is 3.23. The van der Waals surface area contributed by atoms with Crippen molar-refractivity contribution in [3.63, 3.8) is 0 Å². The molecular weight excluding hydrogens is 440 g/mol. The van der Waals surface area contributed by atoms with E-state index in [1.807, 2.05) is 55.5 Å². The third kappa shape index (κ3) is 5.46. The Labute approximate surface area is 204 Å². The first-order valence-electron chi connectivity index (χ1n) is 11.2. The molecule has 172 valence electrons. The molecule has 1 amide bonds. The van der Waals surface area contributed by atoms with Gasteiger partial charge in [0.15, 0.2) is 11.0 Å². The summed E-state index contributed by atoms with van der Waals surface area (Å²) in [5, 5.41) is 12.7. The number of nitrogens with one attached hydrogen (secondary N) is 1. The van der Waals surface area contributed by atoms with Gasteiger partial charge in [-0.3, -0.25) is 9.36 Å². The predicted molar refractivity (Wildman–Crippen MR) is 140 cm³/mol. The lowest BCUT2D eigenvalue weighted by Gasteiger charge is -2.09. The Kier molecular flexibility index (Phi) is 7.28. The zero-order valence-corrected chi connectivity index (χ0v) is 20.5. The van der Waals surface area contributed by atoms with E-state index in [9.17, 15) is 4.79 Å². The lowest BCUT2D eigenvalue weighted by atomic mass is 10.1. The summed E-state index contributed by atoms with van der Waals surface area (Å²) < 4.78 is 2.08. The molecule has 4 aromatic rings. The van der Waals surface area contributed by atoms with Crippen LogP contribution in [0.2, 0.25) is 0 Å². The summed E-state index contributed by atoms with van der Waals surface area (Å²) in [6, 6.07) is 21.9. The van der Waals surface area contributed by atoms with E-state index >= 15 is 0 Å².